The molecule has 2 aliphatic rings. The summed E-state index contributed by atoms with van der Waals surface area (Å²) in [5.74, 6) is 0. The summed E-state index contributed by atoms with van der Waals surface area (Å²) in [5.41, 5.74) is 2.05. The normalized spacial score (nSPS) is 26.7. The Morgan fingerprint density at radius 1 is 1.04 bits per heavy atom. The van der Waals surface area contributed by atoms with Gasteiger partial charge in [-0.05, 0) is 78.5 Å². The summed E-state index contributed by atoms with van der Waals surface area (Å²) in [6.45, 7) is 16.6. The molecule has 2 saturated heterocycles. The van der Waals surface area contributed by atoms with Crippen LogP contribution in [0.25, 0.3) is 0 Å². The first kappa shape index (κ1) is 19.2. The van der Waals surface area contributed by atoms with Crippen molar-refractivity contribution in [3.8, 4) is 0 Å². The van der Waals surface area contributed by atoms with E-state index in [4.69, 9.17) is 9.31 Å². The van der Waals surface area contributed by atoms with Gasteiger partial charge in [0.15, 0.2) is 0 Å². The molecule has 2 amide bonds. The first-order valence-corrected chi connectivity index (χ1v) is 9.33. The quantitative estimate of drug-likeness (QED) is 0.762. The van der Waals surface area contributed by atoms with E-state index < -0.39 is 0 Å². The first-order chi connectivity index (χ1) is 11.8. The Labute approximate surface area is 157 Å². The molecule has 26 heavy (non-hydrogen) atoms. The highest BCUT2D eigenvalue weighted by Gasteiger charge is 2.52. The number of benzene rings is 1. The van der Waals surface area contributed by atoms with Crippen LogP contribution < -0.4 is 10.4 Å². The molecule has 2 heterocycles. The molecule has 6 heteroatoms. The molecular formula is C20H31BN2O3. The molecule has 3 rings (SSSR count). The van der Waals surface area contributed by atoms with Crippen LogP contribution in [-0.4, -0.2) is 47.9 Å². The van der Waals surface area contributed by atoms with Crippen molar-refractivity contribution < 1.29 is 14.1 Å². The van der Waals surface area contributed by atoms with E-state index in [0.29, 0.717) is 0 Å². The number of anilines is 1. The van der Waals surface area contributed by atoms with Crippen molar-refractivity contribution >= 4 is 24.3 Å². The fourth-order valence-electron chi connectivity index (χ4n) is 3.55. The molecule has 1 aromatic carbocycles. The van der Waals surface area contributed by atoms with E-state index in [0.717, 1.165) is 16.7 Å². The summed E-state index contributed by atoms with van der Waals surface area (Å²) >= 11 is 0. The van der Waals surface area contributed by atoms with E-state index in [2.05, 4.69) is 54.5 Å². The van der Waals surface area contributed by atoms with Crippen molar-refractivity contribution in [1.29, 1.82) is 0 Å². The highest BCUT2D eigenvalue weighted by molar-refractivity contribution is 6.62. The summed E-state index contributed by atoms with van der Waals surface area (Å²) in [5, 5.41) is 0. The highest BCUT2D eigenvalue weighted by Crippen LogP contribution is 2.38. The molecule has 1 atom stereocenters. The van der Waals surface area contributed by atoms with Crippen LogP contribution in [0.5, 0.6) is 0 Å². The van der Waals surface area contributed by atoms with E-state index in [-0.39, 0.29) is 35.9 Å². The van der Waals surface area contributed by atoms with Gasteiger partial charge in [-0.3, -0.25) is 4.90 Å². The lowest BCUT2D eigenvalue weighted by atomic mass is 9.76. The molecule has 0 N–H and O–H groups in total. The summed E-state index contributed by atoms with van der Waals surface area (Å²) < 4.78 is 12.4. The number of hydrogen-bond donors (Lipinski definition) is 0. The lowest BCUT2D eigenvalue weighted by Gasteiger charge is -2.32. The zero-order chi connectivity index (χ0) is 19.7. The summed E-state index contributed by atoms with van der Waals surface area (Å²) in [4.78, 5) is 16.4. The Bertz CT molecular complexity index is 729. The Hall–Kier alpha value is -1.53. The van der Waals surface area contributed by atoms with Crippen LogP contribution in [0.3, 0.4) is 0 Å². The van der Waals surface area contributed by atoms with Gasteiger partial charge in [0, 0.05) is 12.7 Å². The third-order valence-corrected chi connectivity index (χ3v) is 6.81. The zero-order valence-electron chi connectivity index (χ0n) is 17.5. The maximum Gasteiger partial charge on any atom is 0.495 e. The molecule has 2 fully saturated rings. The number of amides is 2. The van der Waals surface area contributed by atoms with Gasteiger partial charge in [-0.25, -0.2) is 4.79 Å². The number of hydrogen-bond acceptors (Lipinski definition) is 3. The fraction of sp³-hybridized carbons (Fsp3) is 0.650. The third kappa shape index (κ3) is 2.66. The Kier molecular flexibility index (Phi) is 4.24. The number of rotatable bonds is 2. The standard InChI is InChI=1S/C20H31BN2O3/c1-13-12-15(23-14(2)18(3,4)22(9)17(23)24)10-11-16(13)21-25-19(5,6)20(7,8)26-21/h10-12,14H,1-9H3. The molecule has 142 valence electrons. The second-order valence-corrected chi connectivity index (χ2v) is 9.17. The van der Waals surface area contributed by atoms with Gasteiger partial charge in [-0.15, -0.1) is 0 Å². The van der Waals surface area contributed by atoms with Gasteiger partial charge in [-0.2, -0.15) is 0 Å². The lowest BCUT2D eigenvalue weighted by molar-refractivity contribution is 0.00578. The van der Waals surface area contributed by atoms with Gasteiger partial charge in [0.2, 0.25) is 0 Å². The van der Waals surface area contributed by atoms with Crippen molar-refractivity contribution in [2.75, 3.05) is 11.9 Å². The molecule has 0 saturated carbocycles. The molecule has 2 aliphatic heterocycles. The minimum absolute atomic E-state index is 0.0327. The molecule has 1 unspecified atom stereocenters. The SMILES string of the molecule is Cc1cc(N2C(=O)N(C)C(C)(C)C2C)ccc1B1OC(C)(C)C(C)(C)O1. The number of aryl methyl sites for hydroxylation is 1. The monoisotopic (exact) mass is 358 g/mol. The molecular weight excluding hydrogens is 327 g/mol. The van der Waals surface area contributed by atoms with Crippen molar-refractivity contribution in [1.82, 2.24) is 4.90 Å². The molecule has 0 spiro atoms. The third-order valence-electron chi connectivity index (χ3n) is 6.81. The molecule has 1 aromatic rings. The van der Waals surface area contributed by atoms with Crippen LogP contribution in [0.2, 0.25) is 0 Å². The summed E-state index contributed by atoms with van der Waals surface area (Å²) in [6.07, 6.45) is 0. The van der Waals surface area contributed by atoms with Crippen LogP contribution in [0.1, 0.15) is 54.0 Å². The van der Waals surface area contributed by atoms with E-state index >= 15 is 0 Å². The number of carbonyl (C=O) groups is 1. The minimum atomic E-state index is -0.389. The minimum Gasteiger partial charge on any atom is -0.399 e. The van der Waals surface area contributed by atoms with Crippen LogP contribution >= 0.6 is 0 Å². The number of nitrogens with zero attached hydrogens (tertiary/aromatic N) is 2. The number of urea groups is 1. The van der Waals surface area contributed by atoms with Gasteiger partial charge < -0.3 is 14.2 Å². The van der Waals surface area contributed by atoms with Gasteiger partial charge in [0.25, 0.3) is 0 Å². The van der Waals surface area contributed by atoms with Crippen LogP contribution in [0.15, 0.2) is 18.2 Å². The predicted molar refractivity (Wildman–Crippen MR) is 106 cm³/mol. The number of likely N-dealkylation sites (N-methyl/N-ethyl adjacent to an activating group) is 1. The Morgan fingerprint density at radius 3 is 2.00 bits per heavy atom. The topological polar surface area (TPSA) is 42.0 Å². The second kappa shape index (κ2) is 5.73. The average molecular weight is 358 g/mol. The van der Waals surface area contributed by atoms with Gasteiger partial charge >= 0.3 is 13.1 Å². The Balaban J connectivity index is 1.91. The number of carbonyl (C=O) groups excluding carboxylic acids is 1. The second-order valence-electron chi connectivity index (χ2n) is 9.17. The summed E-state index contributed by atoms with van der Waals surface area (Å²) in [7, 11) is 1.48. The molecule has 5 nitrogen and oxygen atoms in total. The van der Waals surface area contributed by atoms with Gasteiger partial charge in [-0.1, -0.05) is 6.07 Å². The average Bonchev–Trinajstić information content (AvgIpc) is 2.81. The van der Waals surface area contributed by atoms with Crippen LogP contribution in [0.4, 0.5) is 10.5 Å². The maximum atomic E-state index is 12.8. The van der Waals surface area contributed by atoms with Crippen LogP contribution in [0, 0.1) is 6.92 Å². The van der Waals surface area contributed by atoms with Crippen molar-refractivity contribution in [2.45, 2.75) is 78.2 Å². The predicted octanol–water partition coefficient (Wildman–Crippen LogP) is 3.33. The van der Waals surface area contributed by atoms with Crippen molar-refractivity contribution in [2.24, 2.45) is 0 Å². The van der Waals surface area contributed by atoms with Crippen LogP contribution in [-0.2, 0) is 9.31 Å². The smallest absolute Gasteiger partial charge is 0.399 e. The van der Waals surface area contributed by atoms with Crippen molar-refractivity contribution in [3.05, 3.63) is 23.8 Å². The molecule has 0 radical (unpaired) electrons. The van der Waals surface area contributed by atoms with E-state index in [9.17, 15) is 4.79 Å². The molecule has 0 bridgehead atoms. The largest absolute Gasteiger partial charge is 0.495 e. The van der Waals surface area contributed by atoms with E-state index in [1.807, 2.05) is 35.9 Å². The maximum absolute atomic E-state index is 12.8. The van der Waals surface area contributed by atoms with E-state index in [1.165, 1.54) is 0 Å². The highest BCUT2D eigenvalue weighted by atomic mass is 16.7. The fourth-order valence-corrected chi connectivity index (χ4v) is 3.55. The molecule has 0 aliphatic carbocycles. The van der Waals surface area contributed by atoms with Gasteiger partial charge in [0.1, 0.15) is 0 Å². The zero-order valence-corrected chi connectivity index (χ0v) is 17.5. The van der Waals surface area contributed by atoms with Gasteiger partial charge in [0.05, 0.1) is 22.8 Å². The Morgan fingerprint density at radius 2 is 1.58 bits per heavy atom. The summed E-state index contributed by atoms with van der Waals surface area (Å²) in [6, 6.07) is 6.20. The molecule has 0 aromatic heterocycles. The lowest BCUT2D eigenvalue weighted by Crippen LogP contribution is -2.43. The van der Waals surface area contributed by atoms with E-state index in [1.54, 1.807) is 0 Å². The first-order valence-electron chi connectivity index (χ1n) is 9.33. The van der Waals surface area contributed by atoms with Crippen molar-refractivity contribution in [3.63, 3.8) is 0 Å².